The van der Waals surface area contributed by atoms with Gasteiger partial charge in [0.1, 0.15) is 0 Å². The van der Waals surface area contributed by atoms with Gasteiger partial charge in [-0.05, 0) is 17.7 Å². The Bertz CT molecular complexity index is 250. The van der Waals surface area contributed by atoms with E-state index in [2.05, 4.69) is 0 Å². The van der Waals surface area contributed by atoms with Crippen LogP contribution in [-0.2, 0) is 0 Å². The zero-order valence-electron chi connectivity index (χ0n) is 6.57. The summed E-state index contributed by atoms with van der Waals surface area (Å²) in [5.74, 6) is 0. The molecular weight excluding hydrogens is 176 g/mol. The summed E-state index contributed by atoms with van der Waals surface area (Å²) in [6.07, 6.45) is -0.269. The van der Waals surface area contributed by atoms with Gasteiger partial charge < -0.3 is 10.2 Å². The lowest BCUT2D eigenvalue weighted by Gasteiger charge is -2.08. The second kappa shape index (κ2) is 4.45. The summed E-state index contributed by atoms with van der Waals surface area (Å²) in [5.41, 5.74) is 0.747. The molecule has 0 saturated heterocycles. The van der Waals surface area contributed by atoms with Gasteiger partial charge in [-0.15, -0.1) is 0 Å². The smallest absolute Gasteiger partial charge is 0.0812 e. The van der Waals surface area contributed by atoms with Crippen molar-refractivity contribution in [2.75, 3.05) is 6.61 Å². The van der Waals surface area contributed by atoms with Crippen LogP contribution in [0.3, 0.4) is 0 Å². The molecule has 66 valence electrons. The molecule has 0 aliphatic heterocycles. The Labute approximate surface area is 76.4 Å². The first kappa shape index (κ1) is 9.52. The third kappa shape index (κ3) is 2.48. The summed E-state index contributed by atoms with van der Waals surface area (Å²) < 4.78 is 0. The van der Waals surface area contributed by atoms with E-state index in [0.717, 1.165) is 5.56 Å². The largest absolute Gasteiger partial charge is 0.396 e. The van der Waals surface area contributed by atoms with Crippen molar-refractivity contribution in [1.82, 2.24) is 0 Å². The molecule has 0 amide bonds. The maximum absolute atomic E-state index is 9.43. The fraction of sp³-hybridized carbons (Fsp3) is 0.333. The van der Waals surface area contributed by atoms with Crippen LogP contribution in [0.2, 0.25) is 5.02 Å². The molecule has 0 radical (unpaired) electrons. The summed E-state index contributed by atoms with van der Waals surface area (Å²) in [6.45, 7) is -0.0202. The SMILES string of the molecule is OCCC(O)c1cccc(Cl)c1. The molecule has 1 aromatic rings. The van der Waals surface area contributed by atoms with Crippen LogP contribution in [0.15, 0.2) is 24.3 Å². The van der Waals surface area contributed by atoms with E-state index in [1.54, 1.807) is 24.3 Å². The molecule has 12 heavy (non-hydrogen) atoms. The second-order valence-electron chi connectivity index (χ2n) is 2.58. The van der Waals surface area contributed by atoms with Crippen molar-refractivity contribution in [2.45, 2.75) is 12.5 Å². The Kier molecular flexibility index (Phi) is 3.53. The van der Waals surface area contributed by atoms with Crippen LogP contribution in [-0.4, -0.2) is 16.8 Å². The van der Waals surface area contributed by atoms with E-state index in [0.29, 0.717) is 11.4 Å². The zero-order chi connectivity index (χ0) is 8.97. The van der Waals surface area contributed by atoms with Gasteiger partial charge in [-0.1, -0.05) is 23.7 Å². The molecule has 2 N–H and O–H groups in total. The van der Waals surface area contributed by atoms with Crippen LogP contribution < -0.4 is 0 Å². The van der Waals surface area contributed by atoms with Crippen molar-refractivity contribution in [3.63, 3.8) is 0 Å². The minimum Gasteiger partial charge on any atom is -0.396 e. The topological polar surface area (TPSA) is 40.5 Å². The second-order valence-corrected chi connectivity index (χ2v) is 3.02. The molecule has 0 fully saturated rings. The third-order valence-electron chi connectivity index (χ3n) is 1.64. The summed E-state index contributed by atoms with van der Waals surface area (Å²) in [5, 5.41) is 18.6. The molecular formula is C9H11ClO2. The van der Waals surface area contributed by atoms with Gasteiger partial charge in [0, 0.05) is 18.1 Å². The van der Waals surface area contributed by atoms with E-state index in [9.17, 15) is 5.11 Å². The standard InChI is InChI=1S/C9H11ClO2/c10-8-3-1-2-7(6-8)9(12)4-5-11/h1-3,6,9,11-12H,4-5H2. The minimum absolute atomic E-state index is 0.0202. The van der Waals surface area contributed by atoms with Crippen LogP contribution in [0.25, 0.3) is 0 Å². The lowest BCUT2D eigenvalue weighted by Crippen LogP contribution is -1.99. The average Bonchev–Trinajstić information content (AvgIpc) is 2.05. The van der Waals surface area contributed by atoms with Crippen LogP contribution in [0.5, 0.6) is 0 Å². The molecule has 3 heteroatoms. The summed E-state index contributed by atoms with van der Waals surface area (Å²) >= 11 is 5.72. The Balaban J connectivity index is 2.73. The van der Waals surface area contributed by atoms with Crippen LogP contribution in [0.4, 0.5) is 0 Å². The van der Waals surface area contributed by atoms with Gasteiger partial charge in [-0.25, -0.2) is 0 Å². The summed E-state index contributed by atoms with van der Waals surface area (Å²) in [6, 6.07) is 7.00. The Morgan fingerprint density at radius 1 is 1.42 bits per heavy atom. The zero-order valence-corrected chi connectivity index (χ0v) is 7.33. The maximum atomic E-state index is 9.43. The van der Waals surface area contributed by atoms with E-state index in [-0.39, 0.29) is 6.61 Å². The van der Waals surface area contributed by atoms with Crippen molar-refractivity contribution >= 4 is 11.6 Å². The van der Waals surface area contributed by atoms with Crippen molar-refractivity contribution in [2.24, 2.45) is 0 Å². The number of benzene rings is 1. The van der Waals surface area contributed by atoms with Crippen molar-refractivity contribution < 1.29 is 10.2 Å². The fourth-order valence-corrected chi connectivity index (χ4v) is 1.20. The average molecular weight is 187 g/mol. The van der Waals surface area contributed by atoms with Gasteiger partial charge in [-0.3, -0.25) is 0 Å². The normalized spacial score (nSPS) is 12.9. The van der Waals surface area contributed by atoms with Crippen molar-refractivity contribution in [3.8, 4) is 0 Å². The monoisotopic (exact) mass is 186 g/mol. The molecule has 0 saturated carbocycles. The van der Waals surface area contributed by atoms with E-state index < -0.39 is 6.10 Å². The Hall–Kier alpha value is -0.570. The highest BCUT2D eigenvalue weighted by Gasteiger charge is 2.05. The van der Waals surface area contributed by atoms with Gasteiger partial charge in [0.25, 0.3) is 0 Å². The lowest BCUT2D eigenvalue weighted by atomic mass is 10.1. The first-order valence-electron chi connectivity index (χ1n) is 3.78. The van der Waals surface area contributed by atoms with Crippen molar-refractivity contribution in [3.05, 3.63) is 34.9 Å². The lowest BCUT2D eigenvalue weighted by molar-refractivity contribution is 0.134. The number of aliphatic hydroxyl groups is 2. The van der Waals surface area contributed by atoms with Crippen LogP contribution in [0.1, 0.15) is 18.1 Å². The van der Waals surface area contributed by atoms with Gasteiger partial charge in [0.05, 0.1) is 6.10 Å². The molecule has 0 bridgehead atoms. The van der Waals surface area contributed by atoms with Gasteiger partial charge in [0.15, 0.2) is 0 Å². The molecule has 1 atom stereocenters. The molecule has 1 rings (SSSR count). The predicted molar refractivity (Wildman–Crippen MR) is 48.1 cm³/mol. The minimum atomic E-state index is -0.617. The number of hydrogen-bond donors (Lipinski definition) is 2. The summed E-state index contributed by atoms with van der Waals surface area (Å²) in [4.78, 5) is 0. The highest BCUT2D eigenvalue weighted by molar-refractivity contribution is 6.30. The molecule has 2 nitrogen and oxygen atoms in total. The number of halogens is 1. The van der Waals surface area contributed by atoms with Crippen molar-refractivity contribution in [1.29, 1.82) is 0 Å². The molecule has 0 spiro atoms. The van der Waals surface area contributed by atoms with E-state index in [4.69, 9.17) is 16.7 Å². The summed E-state index contributed by atoms with van der Waals surface area (Å²) in [7, 11) is 0. The molecule has 1 aromatic carbocycles. The van der Waals surface area contributed by atoms with E-state index >= 15 is 0 Å². The van der Waals surface area contributed by atoms with Gasteiger partial charge >= 0.3 is 0 Å². The van der Waals surface area contributed by atoms with Gasteiger partial charge in [-0.2, -0.15) is 0 Å². The number of aliphatic hydroxyl groups excluding tert-OH is 2. The number of rotatable bonds is 3. The Morgan fingerprint density at radius 2 is 2.17 bits per heavy atom. The van der Waals surface area contributed by atoms with E-state index in [1.165, 1.54) is 0 Å². The highest BCUT2D eigenvalue weighted by atomic mass is 35.5. The Morgan fingerprint density at radius 3 is 2.75 bits per heavy atom. The predicted octanol–water partition coefficient (Wildman–Crippen LogP) is 1.76. The molecule has 0 aliphatic carbocycles. The quantitative estimate of drug-likeness (QED) is 0.755. The van der Waals surface area contributed by atoms with E-state index in [1.807, 2.05) is 0 Å². The molecule has 0 heterocycles. The molecule has 0 aliphatic rings. The molecule has 1 unspecified atom stereocenters. The molecule has 0 aromatic heterocycles. The van der Waals surface area contributed by atoms with Crippen LogP contribution in [0, 0.1) is 0 Å². The van der Waals surface area contributed by atoms with Gasteiger partial charge in [0.2, 0.25) is 0 Å². The highest BCUT2D eigenvalue weighted by Crippen LogP contribution is 2.19. The first-order chi connectivity index (χ1) is 5.74. The first-order valence-corrected chi connectivity index (χ1v) is 4.16. The number of hydrogen-bond acceptors (Lipinski definition) is 2. The fourth-order valence-electron chi connectivity index (χ4n) is 1.00. The third-order valence-corrected chi connectivity index (χ3v) is 1.87. The maximum Gasteiger partial charge on any atom is 0.0812 e. The van der Waals surface area contributed by atoms with Crippen LogP contribution >= 0.6 is 11.6 Å².